The van der Waals surface area contributed by atoms with E-state index in [0.717, 1.165) is 38.4 Å². The van der Waals surface area contributed by atoms with Gasteiger partial charge in [0.25, 0.3) is 0 Å². The Morgan fingerprint density at radius 3 is 1.84 bits per heavy atom. The summed E-state index contributed by atoms with van der Waals surface area (Å²) in [5.41, 5.74) is 5.32. The average Bonchev–Trinajstić information content (AvgIpc) is 2.84. The second-order valence-electron chi connectivity index (χ2n) is 7.37. The monoisotopic (exact) mass is 593 g/mol. The van der Waals surface area contributed by atoms with Gasteiger partial charge in [0.1, 0.15) is 0 Å². The number of rotatable bonds is 1. The normalized spacial score (nSPS) is 10.4. The maximum absolute atomic E-state index is 4.52. The quantitative estimate of drug-likeness (QED) is 0.156. The van der Waals surface area contributed by atoms with E-state index in [1.54, 1.807) is 6.20 Å². The minimum Gasteiger partial charge on any atom is -0.305 e. The topological polar surface area (TPSA) is 38.7 Å². The van der Waals surface area contributed by atoms with E-state index in [0.29, 0.717) is 0 Å². The van der Waals surface area contributed by atoms with Gasteiger partial charge in [0, 0.05) is 55.8 Å². The summed E-state index contributed by atoms with van der Waals surface area (Å²) in [6, 6.07) is 31.7. The van der Waals surface area contributed by atoms with E-state index in [-0.39, 0.29) is 21.1 Å². The molecule has 0 spiro atoms. The Hall–Kier alpha value is -3.42. The molecule has 0 atom stereocenters. The number of pyridine rings is 3. The number of fused-ring (bicyclic) bond motifs is 5. The van der Waals surface area contributed by atoms with Crippen LogP contribution in [0.15, 0.2) is 104 Å². The van der Waals surface area contributed by atoms with Crippen molar-refractivity contribution in [1.29, 1.82) is 0 Å². The predicted molar refractivity (Wildman–Crippen MR) is 128 cm³/mol. The molecular weight excluding hydrogens is 573 g/mol. The molecule has 3 heterocycles. The maximum atomic E-state index is 4.52. The zero-order valence-corrected chi connectivity index (χ0v) is 19.7. The molecule has 0 aliphatic heterocycles. The first kappa shape index (κ1) is 21.8. The van der Waals surface area contributed by atoms with Crippen LogP contribution in [-0.2, 0) is 21.1 Å². The van der Waals surface area contributed by atoms with Crippen molar-refractivity contribution in [1.82, 2.24) is 15.0 Å². The average molecular weight is 594 g/mol. The number of hydrogen-bond acceptors (Lipinski definition) is 3. The van der Waals surface area contributed by atoms with Crippen LogP contribution in [0.5, 0.6) is 0 Å². The van der Waals surface area contributed by atoms with Gasteiger partial charge in [0.2, 0.25) is 0 Å². The summed E-state index contributed by atoms with van der Waals surface area (Å²) in [6.07, 6.45) is 5.47. The van der Waals surface area contributed by atoms with Crippen LogP contribution in [0.4, 0.5) is 0 Å². The molecule has 0 unspecified atom stereocenters. The SMILES string of the molecule is Cc1cc[c-]c(-c2ccccn2)c1.[Pt].c1cnc2c(c1)ccc1ccc3cccnc3c12. The van der Waals surface area contributed by atoms with Crippen LogP contribution in [0, 0.1) is 13.0 Å². The van der Waals surface area contributed by atoms with Crippen LogP contribution in [0.1, 0.15) is 5.56 Å². The van der Waals surface area contributed by atoms with Gasteiger partial charge in [-0.25, -0.2) is 0 Å². The summed E-state index contributed by atoms with van der Waals surface area (Å²) >= 11 is 0. The Labute approximate surface area is 201 Å². The summed E-state index contributed by atoms with van der Waals surface area (Å²) in [7, 11) is 0. The smallest absolute Gasteiger partial charge is 0.0802 e. The molecule has 4 heteroatoms. The Balaban J connectivity index is 0.000000157. The van der Waals surface area contributed by atoms with Crippen LogP contribution >= 0.6 is 0 Å². The van der Waals surface area contributed by atoms with Crippen molar-refractivity contribution in [3.05, 3.63) is 115 Å². The van der Waals surface area contributed by atoms with E-state index in [1.165, 1.54) is 10.9 Å². The molecule has 0 aliphatic carbocycles. The van der Waals surface area contributed by atoms with Crippen molar-refractivity contribution in [3.63, 3.8) is 0 Å². The summed E-state index contributed by atoms with van der Waals surface area (Å²) in [5.74, 6) is 0. The molecule has 3 aromatic heterocycles. The summed E-state index contributed by atoms with van der Waals surface area (Å²) < 4.78 is 0. The molecule has 0 amide bonds. The molecule has 32 heavy (non-hydrogen) atoms. The van der Waals surface area contributed by atoms with Crippen LogP contribution in [-0.4, -0.2) is 15.0 Å². The number of aryl methyl sites for hydroxylation is 1. The summed E-state index contributed by atoms with van der Waals surface area (Å²) in [4.78, 5) is 13.3. The number of hydrogen-bond donors (Lipinski definition) is 0. The van der Waals surface area contributed by atoms with Crippen LogP contribution in [0.3, 0.4) is 0 Å². The molecule has 0 bridgehead atoms. The van der Waals surface area contributed by atoms with Gasteiger partial charge < -0.3 is 4.98 Å². The van der Waals surface area contributed by atoms with Gasteiger partial charge in [-0.3, -0.25) is 9.97 Å². The summed E-state index contributed by atoms with van der Waals surface area (Å²) in [5, 5.41) is 4.64. The molecule has 0 N–H and O–H groups in total. The Morgan fingerprint density at radius 1 is 0.625 bits per heavy atom. The molecule has 0 radical (unpaired) electrons. The molecule has 158 valence electrons. The molecule has 3 nitrogen and oxygen atoms in total. The van der Waals surface area contributed by atoms with Gasteiger partial charge in [-0.1, -0.05) is 55.5 Å². The molecule has 0 aliphatic rings. The summed E-state index contributed by atoms with van der Waals surface area (Å²) in [6.45, 7) is 2.07. The Morgan fingerprint density at radius 2 is 1.25 bits per heavy atom. The zero-order chi connectivity index (χ0) is 21.0. The standard InChI is InChI=1S/C16H10N2.C12H10N.Pt/c1-3-12-7-5-11-6-8-13-4-2-10-18-16(13)14(11)15(12)17-9-1;1-10-5-4-6-11(9-10)12-7-2-3-8-13-12;/h1-10H;2-5,7-9H,1H3;/q;-1;. The number of benzene rings is 3. The van der Waals surface area contributed by atoms with Crippen molar-refractivity contribution >= 4 is 32.6 Å². The largest absolute Gasteiger partial charge is 0.305 e. The van der Waals surface area contributed by atoms with Crippen LogP contribution < -0.4 is 0 Å². The molecule has 6 rings (SSSR count). The van der Waals surface area contributed by atoms with Gasteiger partial charge in [-0.15, -0.1) is 35.4 Å². The first-order valence-corrected chi connectivity index (χ1v) is 10.2. The molecule has 0 saturated heterocycles. The fraction of sp³-hybridized carbons (Fsp3) is 0.0357. The first-order valence-electron chi connectivity index (χ1n) is 10.2. The van der Waals surface area contributed by atoms with Crippen LogP contribution in [0.25, 0.3) is 43.8 Å². The predicted octanol–water partition coefficient (Wildman–Crippen LogP) is 6.79. The minimum atomic E-state index is 0. The van der Waals surface area contributed by atoms with Crippen molar-refractivity contribution < 1.29 is 21.1 Å². The van der Waals surface area contributed by atoms with Gasteiger partial charge in [0.15, 0.2) is 0 Å². The van der Waals surface area contributed by atoms with Crippen molar-refractivity contribution in [3.8, 4) is 11.3 Å². The molecule has 0 fully saturated rings. The Kier molecular flexibility index (Phi) is 6.68. The van der Waals surface area contributed by atoms with Crippen LogP contribution in [0.2, 0.25) is 0 Å². The molecule has 6 aromatic rings. The molecule has 3 aromatic carbocycles. The van der Waals surface area contributed by atoms with E-state index >= 15 is 0 Å². The first-order chi connectivity index (χ1) is 15.3. The minimum absolute atomic E-state index is 0. The third kappa shape index (κ3) is 4.44. The fourth-order valence-corrected chi connectivity index (χ4v) is 3.74. The third-order valence-electron chi connectivity index (χ3n) is 5.22. The van der Waals surface area contributed by atoms with Gasteiger partial charge in [0.05, 0.1) is 11.0 Å². The van der Waals surface area contributed by atoms with Gasteiger partial charge >= 0.3 is 0 Å². The second-order valence-corrected chi connectivity index (χ2v) is 7.37. The van der Waals surface area contributed by atoms with Crippen molar-refractivity contribution in [2.75, 3.05) is 0 Å². The maximum Gasteiger partial charge on any atom is 0.0802 e. The van der Waals surface area contributed by atoms with Crippen molar-refractivity contribution in [2.45, 2.75) is 6.92 Å². The van der Waals surface area contributed by atoms with E-state index in [4.69, 9.17) is 0 Å². The van der Waals surface area contributed by atoms with E-state index in [9.17, 15) is 0 Å². The molecular formula is C28H20N3Pt-. The van der Waals surface area contributed by atoms with E-state index in [2.05, 4.69) is 70.4 Å². The zero-order valence-electron chi connectivity index (χ0n) is 17.5. The van der Waals surface area contributed by atoms with E-state index in [1.807, 2.05) is 54.9 Å². The second kappa shape index (κ2) is 9.80. The fourth-order valence-electron chi connectivity index (χ4n) is 3.74. The van der Waals surface area contributed by atoms with Crippen molar-refractivity contribution in [2.24, 2.45) is 0 Å². The number of aromatic nitrogens is 3. The molecule has 0 saturated carbocycles. The van der Waals surface area contributed by atoms with Gasteiger partial charge in [-0.2, -0.15) is 0 Å². The Bertz CT molecular complexity index is 1430. The van der Waals surface area contributed by atoms with E-state index < -0.39 is 0 Å². The number of nitrogens with zero attached hydrogens (tertiary/aromatic N) is 3. The third-order valence-corrected chi connectivity index (χ3v) is 5.22. The van der Waals surface area contributed by atoms with Gasteiger partial charge in [-0.05, 0) is 29.3 Å².